The van der Waals surface area contributed by atoms with E-state index < -0.39 is 0 Å². The van der Waals surface area contributed by atoms with Crippen LogP contribution in [0, 0.1) is 12.3 Å². The molecule has 6 heteroatoms. The van der Waals surface area contributed by atoms with Crippen LogP contribution in [0.25, 0.3) is 0 Å². The average Bonchev–Trinajstić information content (AvgIpc) is 3.06. The van der Waals surface area contributed by atoms with Crippen LogP contribution in [0.4, 0.5) is 10.6 Å². The molecule has 1 aliphatic carbocycles. The van der Waals surface area contributed by atoms with Gasteiger partial charge in [-0.2, -0.15) is 0 Å². The molecule has 142 valence electrons. The SMILES string of the molecule is Cc1cccc(N2CCC3(CC(NC(=O)NCc4ccc(Cl)cc4)C3)C2)n1. The molecule has 0 bridgehead atoms. The van der Waals surface area contributed by atoms with Gasteiger partial charge in [-0.3, -0.25) is 0 Å². The number of halogens is 1. The molecular weight excluding hydrogens is 360 g/mol. The lowest BCUT2D eigenvalue weighted by Gasteiger charge is -2.45. The van der Waals surface area contributed by atoms with Crippen LogP contribution in [0.5, 0.6) is 0 Å². The zero-order valence-electron chi connectivity index (χ0n) is 15.5. The first-order valence-corrected chi connectivity index (χ1v) is 9.87. The van der Waals surface area contributed by atoms with E-state index in [0.717, 1.165) is 43.0 Å². The van der Waals surface area contributed by atoms with Crippen LogP contribution < -0.4 is 15.5 Å². The number of carbonyl (C=O) groups excluding carboxylic acids is 1. The highest BCUT2D eigenvalue weighted by Crippen LogP contribution is 2.48. The highest BCUT2D eigenvalue weighted by atomic mass is 35.5. The second-order valence-corrected chi connectivity index (χ2v) is 8.30. The minimum Gasteiger partial charge on any atom is -0.356 e. The maximum absolute atomic E-state index is 12.1. The van der Waals surface area contributed by atoms with Crippen LogP contribution >= 0.6 is 11.6 Å². The van der Waals surface area contributed by atoms with Crippen molar-refractivity contribution in [3.8, 4) is 0 Å². The molecule has 2 fully saturated rings. The van der Waals surface area contributed by atoms with Crippen LogP contribution in [0.15, 0.2) is 42.5 Å². The zero-order chi connectivity index (χ0) is 18.9. The Kier molecular flexibility index (Phi) is 4.96. The van der Waals surface area contributed by atoms with E-state index in [2.05, 4.69) is 32.7 Å². The number of anilines is 1. The first-order chi connectivity index (χ1) is 13.0. The Morgan fingerprint density at radius 3 is 2.78 bits per heavy atom. The molecule has 0 atom stereocenters. The van der Waals surface area contributed by atoms with Gasteiger partial charge in [0.1, 0.15) is 5.82 Å². The van der Waals surface area contributed by atoms with E-state index in [4.69, 9.17) is 11.6 Å². The van der Waals surface area contributed by atoms with Gasteiger partial charge in [-0.05, 0) is 61.4 Å². The Balaban J connectivity index is 1.22. The van der Waals surface area contributed by atoms with Crippen molar-refractivity contribution in [2.75, 3.05) is 18.0 Å². The summed E-state index contributed by atoms with van der Waals surface area (Å²) in [5.74, 6) is 1.07. The van der Waals surface area contributed by atoms with Gasteiger partial charge >= 0.3 is 6.03 Å². The van der Waals surface area contributed by atoms with Crippen molar-refractivity contribution in [3.63, 3.8) is 0 Å². The first-order valence-electron chi connectivity index (χ1n) is 9.49. The lowest BCUT2D eigenvalue weighted by atomic mass is 9.65. The minimum atomic E-state index is -0.0972. The largest absolute Gasteiger partial charge is 0.356 e. The summed E-state index contributed by atoms with van der Waals surface area (Å²) in [5.41, 5.74) is 2.43. The van der Waals surface area contributed by atoms with Crippen molar-refractivity contribution < 1.29 is 4.79 Å². The topological polar surface area (TPSA) is 57.3 Å². The van der Waals surface area contributed by atoms with Crippen molar-refractivity contribution in [2.45, 2.75) is 38.8 Å². The maximum atomic E-state index is 12.1. The third kappa shape index (κ3) is 4.19. The molecule has 1 aromatic heterocycles. The highest BCUT2D eigenvalue weighted by molar-refractivity contribution is 6.30. The summed E-state index contributed by atoms with van der Waals surface area (Å²) in [6.45, 7) is 4.62. The van der Waals surface area contributed by atoms with Crippen molar-refractivity contribution in [3.05, 3.63) is 58.7 Å². The summed E-state index contributed by atoms with van der Waals surface area (Å²) in [5, 5.41) is 6.73. The van der Waals surface area contributed by atoms with Gasteiger partial charge in [0.05, 0.1) is 0 Å². The molecule has 0 radical (unpaired) electrons. The fraction of sp³-hybridized carbons (Fsp3) is 0.429. The van der Waals surface area contributed by atoms with E-state index in [0.29, 0.717) is 17.0 Å². The summed E-state index contributed by atoms with van der Waals surface area (Å²) in [7, 11) is 0. The molecule has 2 amide bonds. The smallest absolute Gasteiger partial charge is 0.315 e. The van der Waals surface area contributed by atoms with E-state index in [1.807, 2.05) is 37.3 Å². The molecule has 2 heterocycles. The second kappa shape index (κ2) is 7.39. The summed E-state index contributed by atoms with van der Waals surface area (Å²) in [4.78, 5) is 19.2. The summed E-state index contributed by atoms with van der Waals surface area (Å²) < 4.78 is 0. The molecule has 2 aromatic rings. The van der Waals surface area contributed by atoms with E-state index in [1.54, 1.807) is 0 Å². The van der Waals surface area contributed by atoms with Crippen LogP contribution in [0.2, 0.25) is 5.02 Å². The zero-order valence-corrected chi connectivity index (χ0v) is 16.3. The number of nitrogens with zero attached hydrogens (tertiary/aromatic N) is 2. The molecule has 1 aliphatic heterocycles. The van der Waals surface area contributed by atoms with E-state index >= 15 is 0 Å². The molecule has 27 heavy (non-hydrogen) atoms. The number of nitrogens with one attached hydrogen (secondary N) is 2. The maximum Gasteiger partial charge on any atom is 0.315 e. The molecule has 1 saturated heterocycles. The Morgan fingerprint density at radius 2 is 2.04 bits per heavy atom. The number of benzene rings is 1. The monoisotopic (exact) mass is 384 g/mol. The Hall–Kier alpha value is -2.27. The summed E-state index contributed by atoms with van der Waals surface area (Å²) >= 11 is 5.88. The molecule has 5 nitrogen and oxygen atoms in total. The lowest BCUT2D eigenvalue weighted by molar-refractivity contribution is 0.111. The van der Waals surface area contributed by atoms with E-state index in [-0.39, 0.29) is 12.1 Å². The summed E-state index contributed by atoms with van der Waals surface area (Å²) in [6, 6.07) is 13.9. The van der Waals surface area contributed by atoms with Gasteiger partial charge in [0.2, 0.25) is 0 Å². The quantitative estimate of drug-likeness (QED) is 0.840. The van der Waals surface area contributed by atoms with Crippen molar-refractivity contribution in [2.24, 2.45) is 5.41 Å². The van der Waals surface area contributed by atoms with Crippen molar-refractivity contribution >= 4 is 23.4 Å². The number of rotatable bonds is 4. The molecule has 1 saturated carbocycles. The fourth-order valence-electron chi connectivity index (χ4n) is 4.28. The summed E-state index contributed by atoms with van der Waals surface area (Å²) in [6.07, 6.45) is 3.26. The number of carbonyl (C=O) groups is 1. The Bertz CT molecular complexity index is 817. The molecule has 0 unspecified atom stereocenters. The normalized spacial score (nSPS) is 23.9. The first kappa shape index (κ1) is 18.1. The van der Waals surface area contributed by atoms with Crippen LogP contribution in [-0.2, 0) is 6.54 Å². The van der Waals surface area contributed by atoms with E-state index in [1.165, 1.54) is 6.42 Å². The van der Waals surface area contributed by atoms with Gasteiger partial charge in [0, 0.05) is 36.4 Å². The Labute approximate surface area is 165 Å². The van der Waals surface area contributed by atoms with Gasteiger partial charge in [0.15, 0.2) is 0 Å². The molecule has 2 aliphatic rings. The van der Waals surface area contributed by atoms with Gasteiger partial charge in [0.25, 0.3) is 0 Å². The van der Waals surface area contributed by atoms with Crippen LogP contribution in [0.3, 0.4) is 0 Å². The molecule has 1 spiro atoms. The third-order valence-corrected chi connectivity index (χ3v) is 5.95. The average molecular weight is 385 g/mol. The molecule has 2 N–H and O–H groups in total. The second-order valence-electron chi connectivity index (χ2n) is 7.87. The fourth-order valence-corrected chi connectivity index (χ4v) is 4.40. The lowest BCUT2D eigenvalue weighted by Crippen LogP contribution is -2.54. The van der Waals surface area contributed by atoms with Gasteiger partial charge in [-0.1, -0.05) is 29.8 Å². The van der Waals surface area contributed by atoms with Gasteiger partial charge in [-0.25, -0.2) is 9.78 Å². The van der Waals surface area contributed by atoms with Gasteiger partial charge in [-0.15, -0.1) is 0 Å². The number of pyridine rings is 1. The predicted molar refractivity (Wildman–Crippen MR) is 108 cm³/mol. The van der Waals surface area contributed by atoms with Crippen molar-refractivity contribution in [1.29, 1.82) is 0 Å². The van der Waals surface area contributed by atoms with Crippen molar-refractivity contribution in [1.82, 2.24) is 15.6 Å². The standard InChI is InChI=1S/C21H25ClN4O/c1-15-3-2-4-19(24-15)26-10-9-21(14-26)11-18(12-21)25-20(27)23-13-16-5-7-17(22)8-6-16/h2-8,18H,9-14H2,1H3,(H2,23,25,27). The number of urea groups is 1. The minimum absolute atomic E-state index is 0.0972. The van der Waals surface area contributed by atoms with E-state index in [9.17, 15) is 4.79 Å². The van der Waals surface area contributed by atoms with Crippen LogP contribution in [0.1, 0.15) is 30.5 Å². The molecular formula is C21H25ClN4O. The van der Waals surface area contributed by atoms with Crippen LogP contribution in [-0.4, -0.2) is 30.1 Å². The molecule has 1 aromatic carbocycles. The number of hydrogen-bond acceptors (Lipinski definition) is 3. The molecule has 4 rings (SSSR count). The van der Waals surface area contributed by atoms with Gasteiger partial charge < -0.3 is 15.5 Å². The Morgan fingerprint density at radius 1 is 1.26 bits per heavy atom. The third-order valence-electron chi connectivity index (χ3n) is 5.70. The number of hydrogen-bond donors (Lipinski definition) is 2. The highest BCUT2D eigenvalue weighted by Gasteiger charge is 2.49. The number of aromatic nitrogens is 1. The number of amides is 2. The number of aryl methyl sites for hydroxylation is 1. The predicted octanol–water partition coefficient (Wildman–Crippen LogP) is 3.90.